The number of nitrogens with zero attached hydrogens (tertiary/aromatic N) is 1. The van der Waals surface area contributed by atoms with E-state index in [1.165, 1.54) is 6.07 Å². The maximum Gasteiger partial charge on any atom is 0.292 e. The lowest BCUT2D eigenvalue weighted by Gasteiger charge is -2.31. The summed E-state index contributed by atoms with van der Waals surface area (Å²) in [6.45, 7) is 2.54. The van der Waals surface area contributed by atoms with Crippen LogP contribution in [0.2, 0.25) is 0 Å². The van der Waals surface area contributed by atoms with Crippen LogP contribution in [0.5, 0.6) is 0 Å². The molecule has 2 rings (SSSR count). The topological polar surface area (TPSA) is 75.4 Å². The molecule has 1 fully saturated rings. The predicted molar refractivity (Wildman–Crippen MR) is 65.1 cm³/mol. The molecular formula is C12H16N2O3. The Morgan fingerprint density at radius 3 is 2.82 bits per heavy atom. The van der Waals surface area contributed by atoms with Crippen molar-refractivity contribution in [2.75, 3.05) is 11.9 Å². The van der Waals surface area contributed by atoms with Crippen LogP contribution in [0, 0.1) is 23.0 Å². The van der Waals surface area contributed by atoms with E-state index in [1.54, 1.807) is 6.07 Å². The Bertz CT molecular complexity index is 428. The van der Waals surface area contributed by atoms with Gasteiger partial charge in [-0.2, -0.15) is 0 Å². The largest absolute Gasteiger partial charge is 0.393 e. The number of nitrogens with one attached hydrogen (secondary N) is 1. The first-order chi connectivity index (χ1) is 8.08. The molecule has 17 heavy (non-hydrogen) atoms. The summed E-state index contributed by atoms with van der Waals surface area (Å²) in [5.41, 5.74) is 1.59. The summed E-state index contributed by atoms with van der Waals surface area (Å²) >= 11 is 0. The lowest BCUT2D eigenvalue weighted by molar-refractivity contribution is -0.384. The van der Waals surface area contributed by atoms with Crippen LogP contribution >= 0.6 is 0 Å². The molecule has 1 aliphatic carbocycles. The van der Waals surface area contributed by atoms with Gasteiger partial charge in [0.15, 0.2) is 0 Å². The fourth-order valence-electron chi connectivity index (χ4n) is 2.15. The van der Waals surface area contributed by atoms with Crippen molar-refractivity contribution in [2.45, 2.75) is 25.9 Å². The summed E-state index contributed by atoms with van der Waals surface area (Å²) in [7, 11) is 0. The fraction of sp³-hybridized carbons (Fsp3) is 0.500. The number of rotatable bonds is 4. The van der Waals surface area contributed by atoms with Gasteiger partial charge in [-0.3, -0.25) is 10.1 Å². The van der Waals surface area contributed by atoms with Crippen molar-refractivity contribution in [2.24, 2.45) is 5.92 Å². The number of anilines is 1. The van der Waals surface area contributed by atoms with E-state index in [-0.39, 0.29) is 16.7 Å². The molecule has 0 aromatic heterocycles. The van der Waals surface area contributed by atoms with Crippen LogP contribution in [0.3, 0.4) is 0 Å². The number of benzene rings is 1. The van der Waals surface area contributed by atoms with E-state index in [2.05, 4.69) is 5.32 Å². The highest BCUT2D eigenvalue weighted by Crippen LogP contribution is 2.31. The number of aliphatic hydroxyl groups is 1. The first kappa shape index (κ1) is 11.9. The molecule has 1 aliphatic rings. The molecular weight excluding hydrogens is 220 g/mol. The third-order valence-corrected chi connectivity index (χ3v) is 3.23. The Morgan fingerprint density at radius 2 is 2.24 bits per heavy atom. The molecule has 0 unspecified atom stereocenters. The average molecular weight is 236 g/mol. The zero-order chi connectivity index (χ0) is 12.4. The van der Waals surface area contributed by atoms with E-state index >= 15 is 0 Å². The maximum absolute atomic E-state index is 10.9. The molecule has 1 aromatic rings. The second kappa shape index (κ2) is 4.71. The number of aliphatic hydroxyl groups excluding tert-OH is 1. The Hall–Kier alpha value is -1.62. The highest BCUT2D eigenvalue weighted by Gasteiger charge is 2.27. The van der Waals surface area contributed by atoms with Gasteiger partial charge in [0, 0.05) is 12.6 Å². The molecule has 0 spiro atoms. The van der Waals surface area contributed by atoms with E-state index in [0.29, 0.717) is 18.2 Å². The predicted octanol–water partition coefficient (Wildman–Crippen LogP) is 2.09. The molecule has 0 aliphatic heterocycles. The lowest BCUT2D eigenvalue weighted by Crippen LogP contribution is -2.33. The monoisotopic (exact) mass is 236 g/mol. The number of aryl methyl sites for hydroxylation is 1. The Balaban J connectivity index is 2.06. The number of para-hydroxylation sites is 1. The summed E-state index contributed by atoms with van der Waals surface area (Å²) < 4.78 is 0. The quantitative estimate of drug-likeness (QED) is 0.620. The van der Waals surface area contributed by atoms with Crippen LogP contribution in [0.4, 0.5) is 11.4 Å². The minimum atomic E-state index is -0.370. The van der Waals surface area contributed by atoms with Crippen molar-refractivity contribution in [3.8, 4) is 0 Å². The van der Waals surface area contributed by atoms with Gasteiger partial charge in [0.05, 0.1) is 11.0 Å². The maximum atomic E-state index is 10.9. The van der Waals surface area contributed by atoms with Gasteiger partial charge in [-0.05, 0) is 31.2 Å². The van der Waals surface area contributed by atoms with Crippen molar-refractivity contribution in [1.29, 1.82) is 0 Å². The van der Waals surface area contributed by atoms with Gasteiger partial charge in [0.25, 0.3) is 5.69 Å². The van der Waals surface area contributed by atoms with Gasteiger partial charge in [0.1, 0.15) is 5.69 Å². The van der Waals surface area contributed by atoms with Gasteiger partial charge in [-0.15, -0.1) is 0 Å². The third kappa shape index (κ3) is 2.55. The van der Waals surface area contributed by atoms with E-state index in [1.807, 2.05) is 13.0 Å². The molecule has 0 bridgehead atoms. The van der Waals surface area contributed by atoms with E-state index < -0.39 is 0 Å². The summed E-state index contributed by atoms with van der Waals surface area (Å²) in [5.74, 6) is 0.421. The number of hydrogen-bond acceptors (Lipinski definition) is 4. The summed E-state index contributed by atoms with van der Waals surface area (Å²) in [5, 5.41) is 23.2. The SMILES string of the molecule is Cc1cccc([N+](=O)[O-])c1NCC1CC(O)C1. The number of nitro benzene ring substituents is 1. The second-order valence-electron chi connectivity index (χ2n) is 4.60. The van der Waals surface area contributed by atoms with E-state index in [4.69, 9.17) is 0 Å². The van der Waals surface area contributed by atoms with Crippen molar-refractivity contribution in [3.05, 3.63) is 33.9 Å². The average Bonchev–Trinajstić information content (AvgIpc) is 2.23. The molecule has 5 nitrogen and oxygen atoms in total. The van der Waals surface area contributed by atoms with Crippen molar-refractivity contribution in [3.63, 3.8) is 0 Å². The summed E-state index contributed by atoms with van der Waals surface area (Å²) in [6, 6.07) is 5.04. The molecule has 1 saturated carbocycles. The Labute approximate surface area is 99.6 Å². The minimum Gasteiger partial charge on any atom is -0.393 e. The Kier molecular flexibility index (Phi) is 3.28. The molecule has 92 valence electrons. The van der Waals surface area contributed by atoms with Crippen LogP contribution in [0.15, 0.2) is 18.2 Å². The molecule has 5 heteroatoms. The van der Waals surface area contributed by atoms with Crippen molar-refractivity contribution >= 4 is 11.4 Å². The van der Waals surface area contributed by atoms with E-state index in [9.17, 15) is 15.2 Å². The van der Waals surface area contributed by atoms with Crippen LogP contribution < -0.4 is 5.32 Å². The molecule has 0 radical (unpaired) electrons. The number of nitro groups is 1. The first-order valence-electron chi connectivity index (χ1n) is 5.74. The third-order valence-electron chi connectivity index (χ3n) is 3.23. The zero-order valence-electron chi connectivity index (χ0n) is 9.72. The molecule has 0 amide bonds. The fourth-order valence-corrected chi connectivity index (χ4v) is 2.15. The van der Waals surface area contributed by atoms with Gasteiger partial charge in [-0.1, -0.05) is 12.1 Å². The highest BCUT2D eigenvalue weighted by molar-refractivity contribution is 5.65. The smallest absolute Gasteiger partial charge is 0.292 e. The molecule has 1 aromatic carbocycles. The van der Waals surface area contributed by atoms with Gasteiger partial charge in [-0.25, -0.2) is 0 Å². The summed E-state index contributed by atoms with van der Waals surface area (Å²) in [4.78, 5) is 10.5. The molecule has 2 N–H and O–H groups in total. The van der Waals surface area contributed by atoms with Gasteiger partial charge < -0.3 is 10.4 Å². The van der Waals surface area contributed by atoms with E-state index in [0.717, 1.165) is 18.4 Å². The van der Waals surface area contributed by atoms with Gasteiger partial charge >= 0.3 is 0 Å². The second-order valence-corrected chi connectivity index (χ2v) is 4.60. The van der Waals surface area contributed by atoms with Crippen LogP contribution in [-0.4, -0.2) is 22.7 Å². The van der Waals surface area contributed by atoms with Crippen LogP contribution in [-0.2, 0) is 0 Å². The van der Waals surface area contributed by atoms with Crippen LogP contribution in [0.1, 0.15) is 18.4 Å². The Morgan fingerprint density at radius 1 is 1.53 bits per heavy atom. The minimum absolute atomic E-state index is 0.116. The van der Waals surface area contributed by atoms with Crippen LogP contribution in [0.25, 0.3) is 0 Å². The molecule has 0 saturated heterocycles. The molecule has 0 heterocycles. The first-order valence-corrected chi connectivity index (χ1v) is 5.74. The zero-order valence-corrected chi connectivity index (χ0v) is 9.72. The number of hydrogen-bond donors (Lipinski definition) is 2. The van der Waals surface area contributed by atoms with Crippen molar-refractivity contribution in [1.82, 2.24) is 0 Å². The normalized spacial score (nSPS) is 22.9. The summed E-state index contributed by atoms with van der Waals surface area (Å²) in [6.07, 6.45) is 1.38. The molecule has 0 atom stereocenters. The standard InChI is InChI=1S/C12H16N2O3/c1-8-3-2-4-11(14(16)17)12(8)13-7-9-5-10(15)6-9/h2-4,9-10,13,15H,5-7H2,1H3. The lowest BCUT2D eigenvalue weighted by atomic mass is 9.82. The highest BCUT2D eigenvalue weighted by atomic mass is 16.6. The van der Waals surface area contributed by atoms with Crippen molar-refractivity contribution < 1.29 is 10.0 Å². The van der Waals surface area contributed by atoms with Gasteiger partial charge in [0.2, 0.25) is 0 Å².